The molecule has 0 N–H and O–H groups in total. The summed E-state index contributed by atoms with van der Waals surface area (Å²) in [6, 6.07) is 9.29. The molecule has 0 spiro atoms. The molecule has 0 aromatic heterocycles. The van der Waals surface area contributed by atoms with E-state index >= 15 is 0 Å². The quantitative estimate of drug-likeness (QED) is 0.545. The van der Waals surface area contributed by atoms with Gasteiger partial charge in [-0.25, -0.2) is 0 Å². The van der Waals surface area contributed by atoms with Gasteiger partial charge in [-0.3, -0.25) is 0 Å². The molecule has 92 valence electrons. The third-order valence-electron chi connectivity index (χ3n) is 2.07. The summed E-state index contributed by atoms with van der Waals surface area (Å²) in [6.07, 6.45) is 0. The molecule has 0 amide bonds. The van der Waals surface area contributed by atoms with E-state index in [1.165, 1.54) is 5.56 Å². The van der Waals surface area contributed by atoms with Crippen molar-refractivity contribution < 1.29 is 21.7 Å². The van der Waals surface area contributed by atoms with Gasteiger partial charge in [0, 0.05) is 5.75 Å². The van der Waals surface area contributed by atoms with Crippen molar-refractivity contribution in [2.75, 3.05) is 0 Å². The SMILES string of the molecule is CC(C)(C)Oc1[c-]cc(C(C)(C)C)cc1.[Br-].[Mg+2]. The Morgan fingerprint density at radius 2 is 1.53 bits per heavy atom. The summed E-state index contributed by atoms with van der Waals surface area (Å²) in [5, 5.41) is 0. The molecule has 17 heavy (non-hydrogen) atoms. The van der Waals surface area contributed by atoms with Crippen LogP contribution in [0.15, 0.2) is 18.2 Å². The molecule has 0 atom stereocenters. The van der Waals surface area contributed by atoms with Gasteiger partial charge in [-0.15, -0.1) is 12.1 Å². The Balaban J connectivity index is 0. The van der Waals surface area contributed by atoms with Crippen molar-refractivity contribution in [3.05, 3.63) is 29.8 Å². The fraction of sp³-hybridized carbons (Fsp3) is 0.571. The van der Waals surface area contributed by atoms with E-state index in [1.807, 2.05) is 32.9 Å². The van der Waals surface area contributed by atoms with E-state index in [0.717, 1.165) is 5.75 Å². The van der Waals surface area contributed by atoms with Gasteiger partial charge in [0.25, 0.3) is 0 Å². The first-order chi connectivity index (χ1) is 6.68. The summed E-state index contributed by atoms with van der Waals surface area (Å²) in [7, 11) is 0. The van der Waals surface area contributed by atoms with Crippen molar-refractivity contribution in [3.63, 3.8) is 0 Å². The molecule has 0 aliphatic rings. The monoisotopic (exact) mass is 308 g/mol. The largest absolute Gasteiger partial charge is 2.00 e. The van der Waals surface area contributed by atoms with Crippen LogP contribution in [0.4, 0.5) is 0 Å². The van der Waals surface area contributed by atoms with Crippen LogP contribution in [-0.4, -0.2) is 28.7 Å². The van der Waals surface area contributed by atoms with Gasteiger partial charge < -0.3 is 21.7 Å². The maximum atomic E-state index is 5.71. The van der Waals surface area contributed by atoms with Crippen LogP contribution in [0.1, 0.15) is 47.1 Å². The van der Waals surface area contributed by atoms with E-state index in [2.05, 4.69) is 32.9 Å². The fourth-order valence-corrected chi connectivity index (χ4v) is 1.27. The molecule has 0 saturated heterocycles. The summed E-state index contributed by atoms with van der Waals surface area (Å²) in [4.78, 5) is 0. The second-order valence-corrected chi connectivity index (χ2v) is 5.91. The normalized spacial score (nSPS) is 11.2. The zero-order valence-corrected chi connectivity index (χ0v) is 14.7. The number of halogens is 1. The van der Waals surface area contributed by atoms with Crippen LogP contribution < -0.4 is 21.7 Å². The molecule has 0 bridgehead atoms. The van der Waals surface area contributed by atoms with Crippen LogP contribution in [0.3, 0.4) is 0 Å². The van der Waals surface area contributed by atoms with Gasteiger partial charge in [-0.2, -0.15) is 17.7 Å². The molecule has 0 fully saturated rings. The molecule has 3 heteroatoms. The molecule has 1 aromatic rings. The number of hydrogen-bond donors (Lipinski definition) is 0. The van der Waals surface area contributed by atoms with Gasteiger partial charge in [-0.1, -0.05) is 26.2 Å². The first-order valence-electron chi connectivity index (χ1n) is 5.40. The molecule has 1 aromatic carbocycles. The van der Waals surface area contributed by atoms with Crippen molar-refractivity contribution in [3.8, 4) is 5.75 Å². The van der Waals surface area contributed by atoms with Gasteiger partial charge in [0.05, 0.1) is 5.60 Å². The Morgan fingerprint density at radius 3 is 1.82 bits per heavy atom. The molecular formula is C14H21BrMgO. The third-order valence-corrected chi connectivity index (χ3v) is 2.07. The Hall–Kier alpha value is 0.266. The van der Waals surface area contributed by atoms with Crippen LogP contribution in [-0.2, 0) is 5.41 Å². The maximum absolute atomic E-state index is 5.71. The molecule has 0 aliphatic heterocycles. The van der Waals surface area contributed by atoms with E-state index in [-0.39, 0.29) is 51.1 Å². The Kier molecular flexibility index (Phi) is 8.08. The van der Waals surface area contributed by atoms with Crippen LogP contribution in [0.2, 0.25) is 0 Å². The first-order valence-corrected chi connectivity index (χ1v) is 5.40. The molecule has 1 nitrogen and oxygen atoms in total. The zero-order valence-electron chi connectivity index (χ0n) is 11.7. The molecule has 0 unspecified atom stereocenters. The van der Waals surface area contributed by atoms with E-state index in [0.29, 0.717) is 0 Å². The van der Waals surface area contributed by atoms with Crippen LogP contribution >= 0.6 is 0 Å². The minimum absolute atomic E-state index is 0. The number of rotatable bonds is 1. The van der Waals surface area contributed by atoms with Crippen molar-refractivity contribution in [1.29, 1.82) is 0 Å². The second-order valence-electron chi connectivity index (χ2n) is 5.91. The standard InChI is InChI=1S/C14H21O.BrH.Mg/c1-13(2,3)11-7-9-12(10-8-11)15-14(4,5)6;;/h7-9H,1-6H3;1H;/q-1;;+2/p-1. The van der Waals surface area contributed by atoms with Gasteiger partial charge >= 0.3 is 23.1 Å². The zero-order chi connectivity index (χ0) is 11.7. The smallest absolute Gasteiger partial charge is 1.00 e. The molecule has 0 radical (unpaired) electrons. The van der Waals surface area contributed by atoms with E-state index in [1.54, 1.807) is 0 Å². The van der Waals surface area contributed by atoms with Crippen molar-refractivity contribution in [2.45, 2.75) is 52.6 Å². The van der Waals surface area contributed by atoms with Crippen LogP contribution in [0.5, 0.6) is 5.75 Å². The summed E-state index contributed by atoms with van der Waals surface area (Å²) < 4.78 is 5.71. The molecule has 0 saturated carbocycles. The molecular weight excluding hydrogens is 288 g/mol. The predicted molar refractivity (Wildman–Crippen MR) is 70.1 cm³/mol. The van der Waals surface area contributed by atoms with E-state index < -0.39 is 0 Å². The molecule has 1 rings (SSSR count). The number of benzene rings is 1. The van der Waals surface area contributed by atoms with Crippen LogP contribution in [0, 0.1) is 6.07 Å². The maximum Gasteiger partial charge on any atom is 2.00 e. The Labute approximate surface area is 132 Å². The van der Waals surface area contributed by atoms with Gasteiger partial charge in [0.1, 0.15) is 0 Å². The summed E-state index contributed by atoms with van der Waals surface area (Å²) in [5.74, 6) is 0.815. The molecule has 0 aliphatic carbocycles. The first kappa shape index (κ1) is 19.6. The second kappa shape index (κ2) is 7.00. The molecule has 0 heterocycles. The number of hydrogen-bond acceptors (Lipinski definition) is 1. The minimum Gasteiger partial charge on any atom is -1.00 e. The van der Waals surface area contributed by atoms with Gasteiger partial charge in [0.2, 0.25) is 0 Å². The third kappa shape index (κ3) is 7.32. The van der Waals surface area contributed by atoms with Crippen molar-refractivity contribution in [2.24, 2.45) is 0 Å². The van der Waals surface area contributed by atoms with Gasteiger partial charge in [-0.05, 0) is 20.8 Å². The minimum atomic E-state index is -0.153. The summed E-state index contributed by atoms with van der Waals surface area (Å²) in [5.41, 5.74) is 1.31. The topological polar surface area (TPSA) is 9.23 Å². The average molecular weight is 310 g/mol. The van der Waals surface area contributed by atoms with E-state index in [9.17, 15) is 0 Å². The Bertz CT molecular complexity index is 320. The fourth-order valence-electron chi connectivity index (χ4n) is 1.27. The van der Waals surface area contributed by atoms with Crippen LogP contribution in [0.25, 0.3) is 0 Å². The summed E-state index contributed by atoms with van der Waals surface area (Å²) >= 11 is 0. The summed E-state index contributed by atoms with van der Waals surface area (Å²) in [6.45, 7) is 12.7. The predicted octanol–water partition coefficient (Wildman–Crippen LogP) is 0.585. The van der Waals surface area contributed by atoms with Gasteiger partial charge in [0.15, 0.2) is 0 Å². The van der Waals surface area contributed by atoms with Crippen molar-refractivity contribution >= 4 is 23.1 Å². The van der Waals surface area contributed by atoms with E-state index in [4.69, 9.17) is 4.74 Å². The van der Waals surface area contributed by atoms with Crippen molar-refractivity contribution in [1.82, 2.24) is 0 Å². The number of ether oxygens (including phenoxy) is 1. The Morgan fingerprint density at radius 1 is 1.00 bits per heavy atom. The average Bonchev–Trinajstić information content (AvgIpc) is 2.00.